The molecule has 0 radical (unpaired) electrons. The van der Waals surface area contributed by atoms with Crippen molar-refractivity contribution < 1.29 is 23.9 Å². The second-order valence-corrected chi connectivity index (χ2v) is 10.6. The molecule has 1 heterocycles. The molecule has 0 fully saturated rings. The minimum absolute atomic E-state index is 0.0480. The van der Waals surface area contributed by atoms with E-state index >= 15 is 0 Å². The van der Waals surface area contributed by atoms with E-state index in [-0.39, 0.29) is 32.3 Å². The summed E-state index contributed by atoms with van der Waals surface area (Å²) in [5, 5.41) is 5.79. The Balaban J connectivity index is 1.31. The van der Waals surface area contributed by atoms with Crippen LogP contribution in [-0.4, -0.2) is 49.4 Å². The first-order valence-corrected chi connectivity index (χ1v) is 14.3. The number of para-hydroxylation sites is 3. The highest BCUT2D eigenvalue weighted by atomic mass is 35.5. The maximum atomic E-state index is 14.2. The summed E-state index contributed by atoms with van der Waals surface area (Å²) in [6.45, 7) is -0.0840. The van der Waals surface area contributed by atoms with Gasteiger partial charge in [0.2, 0.25) is 0 Å². The van der Waals surface area contributed by atoms with Gasteiger partial charge in [-0.1, -0.05) is 71.9 Å². The van der Waals surface area contributed by atoms with Gasteiger partial charge in [0.05, 0.1) is 24.5 Å². The van der Waals surface area contributed by atoms with E-state index in [0.29, 0.717) is 27.8 Å². The number of anilines is 4. The molecule has 0 aliphatic carbocycles. The monoisotopic (exact) mass is 602 g/mol. The minimum atomic E-state index is -0.649. The smallest absolute Gasteiger partial charge is 0.411 e. The summed E-state index contributed by atoms with van der Waals surface area (Å²) in [6, 6.07) is 30.4. The van der Waals surface area contributed by atoms with E-state index in [4.69, 9.17) is 21.1 Å². The Hall–Kier alpha value is -4.67. The largest absolute Gasteiger partial charge is 0.447 e. The van der Waals surface area contributed by atoms with Gasteiger partial charge in [-0.05, 0) is 54.6 Å². The highest BCUT2D eigenvalue weighted by Crippen LogP contribution is 2.49. The van der Waals surface area contributed by atoms with Gasteiger partial charge in [0.15, 0.2) is 0 Å². The SMILES string of the molecule is O=C(Nc1ccccc1)OCCN(CCOC(=O)Nc1ccccc1)C(=O)N1c2ccccc2Sc2ccc(Cl)cc21. The third-order valence-electron chi connectivity index (χ3n) is 6.18. The number of amides is 4. The molecular formula is C31H27ClN4O5S. The van der Waals surface area contributed by atoms with Crippen molar-refractivity contribution in [3.63, 3.8) is 0 Å². The second-order valence-electron chi connectivity index (χ2n) is 9.04. The molecule has 0 atom stereocenters. The number of nitrogens with zero attached hydrogens (tertiary/aromatic N) is 2. The summed E-state index contributed by atoms with van der Waals surface area (Å²) in [7, 11) is 0. The molecule has 4 amide bonds. The fourth-order valence-electron chi connectivity index (χ4n) is 4.23. The van der Waals surface area contributed by atoms with Gasteiger partial charge in [-0.2, -0.15) is 0 Å². The Labute approximate surface area is 252 Å². The van der Waals surface area contributed by atoms with Crippen LogP contribution in [0.1, 0.15) is 0 Å². The lowest BCUT2D eigenvalue weighted by Crippen LogP contribution is -2.45. The lowest BCUT2D eigenvalue weighted by molar-refractivity contribution is 0.125. The van der Waals surface area contributed by atoms with E-state index in [1.54, 1.807) is 77.3 Å². The molecule has 0 aromatic heterocycles. The van der Waals surface area contributed by atoms with E-state index in [1.165, 1.54) is 4.90 Å². The molecule has 5 rings (SSSR count). The standard InChI is InChI=1S/C31H27ClN4O5S/c32-22-15-16-28-26(21-22)36(25-13-7-8-14-27(25)42-28)31(39)35(17-19-40-29(37)33-23-9-3-1-4-10-23)18-20-41-30(38)34-24-11-5-2-6-12-24/h1-16,21H,17-20H2,(H,33,37)(H,34,38). The number of urea groups is 1. The predicted octanol–water partition coefficient (Wildman–Crippen LogP) is 7.86. The van der Waals surface area contributed by atoms with Gasteiger partial charge in [0.1, 0.15) is 13.2 Å². The quantitative estimate of drug-likeness (QED) is 0.213. The van der Waals surface area contributed by atoms with Gasteiger partial charge in [-0.15, -0.1) is 0 Å². The summed E-state index contributed by atoms with van der Waals surface area (Å²) < 4.78 is 10.7. The summed E-state index contributed by atoms with van der Waals surface area (Å²) >= 11 is 7.88. The number of rotatable bonds is 8. The van der Waals surface area contributed by atoms with E-state index in [1.807, 2.05) is 42.5 Å². The predicted molar refractivity (Wildman–Crippen MR) is 164 cm³/mol. The molecule has 0 bridgehead atoms. The molecule has 11 heteroatoms. The van der Waals surface area contributed by atoms with Gasteiger partial charge in [0.25, 0.3) is 0 Å². The zero-order valence-corrected chi connectivity index (χ0v) is 23.9. The van der Waals surface area contributed by atoms with Crippen LogP contribution in [-0.2, 0) is 9.47 Å². The van der Waals surface area contributed by atoms with Crippen molar-refractivity contribution in [1.82, 2.24) is 4.90 Å². The molecule has 4 aromatic carbocycles. The van der Waals surface area contributed by atoms with Gasteiger partial charge in [0, 0.05) is 26.2 Å². The molecule has 0 saturated carbocycles. The number of nitrogens with one attached hydrogen (secondary N) is 2. The number of carbonyl (C=O) groups excluding carboxylic acids is 3. The Morgan fingerprint density at radius 1 is 0.690 bits per heavy atom. The van der Waals surface area contributed by atoms with Crippen LogP contribution in [0.25, 0.3) is 0 Å². The maximum Gasteiger partial charge on any atom is 0.411 e. The first-order valence-electron chi connectivity index (χ1n) is 13.1. The van der Waals surface area contributed by atoms with Crippen molar-refractivity contribution >= 4 is 64.3 Å². The van der Waals surface area contributed by atoms with Gasteiger partial charge >= 0.3 is 18.2 Å². The molecule has 214 valence electrons. The topological polar surface area (TPSA) is 100 Å². The zero-order valence-electron chi connectivity index (χ0n) is 22.4. The number of carbonyl (C=O) groups is 3. The van der Waals surface area contributed by atoms with E-state index < -0.39 is 12.2 Å². The zero-order chi connectivity index (χ0) is 29.3. The number of ether oxygens (including phenoxy) is 2. The van der Waals surface area contributed by atoms with Crippen LogP contribution in [0.4, 0.5) is 37.1 Å². The number of hydrogen-bond donors (Lipinski definition) is 2. The summed E-state index contributed by atoms with van der Waals surface area (Å²) in [4.78, 5) is 43.7. The summed E-state index contributed by atoms with van der Waals surface area (Å²) in [6.07, 6.45) is -1.30. The molecule has 0 saturated heterocycles. The Morgan fingerprint density at radius 3 is 1.81 bits per heavy atom. The van der Waals surface area contributed by atoms with Gasteiger partial charge < -0.3 is 14.4 Å². The summed E-state index contributed by atoms with van der Waals surface area (Å²) in [5.74, 6) is 0. The number of fused-ring (bicyclic) bond motifs is 2. The highest BCUT2D eigenvalue weighted by molar-refractivity contribution is 7.99. The van der Waals surface area contributed by atoms with Gasteiger partial charge in [-0.25, -0.2) is 14.4 Å². The highest BCUT2D eigenvalue weighted by Gasteiger charge is 2.31. The molecule has 1 aliphatic heterocycles. The third kappa shape index (κ3) is 7.34. The first-order chi connectivity index (χ1) is 20.5. The molecular weight excluding hydrogens is 576 g/mol. The number of benzene rings is 4. The van der Waals surface area contributed by atoms with Crippen LogP contribution in [0.15, 0.2) is 113 Å². The van der Waals surface area contributed by atoms with Crippen molar-refractivity contribution in [1.29, 1.82) is 0 Å². The molecule has 42 heavy (non-hydrogen) atoms. The number of hydrogen-bond acceptors (Lipinski definition) is 6. The summed E-state index contributed by atoms with van der Waals surface area (Å²) in [5.41, 5.74) is 2.50. The Morgan fingerprint density at radius 2 is 1.21 bits per heavy atom. The van der Waals surface area contributed by atoms with Crippen molar-refractivity contribution in [2.24, 2.45) is 0 Å². The van der Waals surface area contributed by atoms with E-state index in [0.717, 1.165) is 9.79 Å². The fourth-order valence-corrected chi connectivity index (χ4v) is 5.43. The molecule has 0 unspecified atom stereocenters. The first kappa shape index (κ1) is 28.8. The van der Waals surface area contributed by atoms with Crippen molar-refractivity contribution in [2.45, 2.75) is 9.79 Å². The average Bonchev–Trinajstić information content (AvgIpc) is 3.00. The third-order valence-corrected chi connectivity index (χ3v) is 7.54. The van der Waals surface area contributed by atoms with E-state index in [2.05, 4.69) is 10.6 Å². The second kappa shape index (κ2) is 13.8. The molecule has 9 nitrogen and oxygen atoms in total. The van der Waals surface area contributed by atoms with Crippen LogP contribution in [0, 0.1) is 0 Å². The van der Waals surface area contributed by atoms with Crippen molar-refractivity contribution in [3.8, 4) is 0 Å². The fraction of sp³-hybridized carbons (Fsp3) is 0.129. The maximum absolute atomic E-state index is 14.2. The van der Waals surface area contributed by atoms with E-state index in [9.17, 15) is 14.4 Å². The lowest BCUT2D eigenvalue weighted by Gasteiger charge is -2.35. The number of halogens is 1. The van der Waals surface area contributed by atoms with Crippen LogP contribution >= 0.6 is 23.4 Å². The lowest BCUT2D eigenvalue weighted by atomic mass is 10.2. The van der Waals surface area contributed by atoms with Crippen LogP contribution in [0.2, 0.25) is 5.02 Å². The molecule has 2 N–H and O–H groups in total. The molecule has 1 aliphatic rings. The van der Waals surface area contributed by atoms with Gasteiger partial charge in [-0.3, -0.25) is 15.5 Å². The van der Waals surface area contributed by atoms with Crippen LogP contribution in [0.3, 0.4) is 0 Å². The Kier molecular flexibility index (Phi) is 9.48. The van der Waals surface area contributed by atoms with Crippen LogP contribution in [0.5, 0.6) is 0 Å². The normalized spacial score (nSPS) is 11.5. The Bertz CT molecular complexity index is 1500. The molecule has 4 aromatic rings. The van der Waals surface area contributed by atoms with Crippen LogP contribution < -0.4 is 15.5 Å². The molecule has 0 spiro atoms. The van der Waals surface area contributed by atoms with Crippen molar-refractivity contribution in [3.05, 3.63) is 108 Å². The average molecular weight is 603 g/mol. The van der Waals surface area contributed by atoms with Crippen molar-refractivity contribution in [2.75, 3.05) is 41.8 Å². The minimum Gasteiger partial charge on any atom is -0.447 e.